The van der Waals surface area contributed by atoms with Gasteiger partial charge in [-0.3, -0.25) is 14.4 Å². The van der Waals surface area contributed by atoms with Crippen molar-refractivity contribution in [3.63, 3.8) is 0 Å². The number of carbonyl (C=O) groups excluding carboxylic acids is 2. The summed E-state index contributed by atoms with van der Waals surface area (Å²) in [5, 5.41) is 13.9. The Morgan fingerprint density at radius 3 is 2.57 bits per heavy atom. The van der Waals surface area contributed by atoms with Crippen LogP contribution in [0.25, 0.3) is 0 Å². The summed E-state index contributed by atoms with van der Waals surface area (Å²) in [6.07, 6.45) is 0.665. The second-order valence-corrected chi connectivity index (χ2v) is 7.27. The number of benzene rings is 1. The molecule has 0 unspecified atom stereocenters. The third-order valence-electron chi connectivity index (χ3n) is 4.31. The molecule has 30 heavy (non-hydrogen) atoms. The number of methoxy groups -OCH3 is 1. The molecule has 2 rings (SSSR count). The van der Waals surface area contributed by atoms with Crippen LogP contribution in [0.3, 0.4) is 0 Å². The second-order valence-electron chi connectivity index (χ2n) is 7.27. The highest BCUT2D eigenvalue weighted by Gasteiger charge is 2.25. The maximum Gasteiger partial charge on any atom is 0.322 e. The number of aromatic nitrogens is 1. The van der Waals surface area contributed by atoms with Gasteiger partial charge in [0.15, 0.2) is 5.69 Å². The molecule has 2 amide bonds. The van der Waals surface area contributed by atoms with Crippen LogP contribution < -0.4 is 15.4 Å². The summed E-state index contributed by atoms with van der Waals surface area (Å²) in [6, 6.07) is 6.72. The third-order valence-corrected chi connectivity index (χ3v) is 4.31. The van der Waals surface area contributed by atoms with Gasteiger partial charge in [0.05, 0.1) is 13.5 Å². The van der Waals surface area contributed by atoms with E-state index >= 15 is 0 Å². The molecule has 1 atom stereocenters. The smallest absolute Gasteiger partial charge is 0.322 e. The van der Waals surface area contributed by atoms with Crippen LogP contribution in [0.4, 0.5) is 0 Å². The number of nitrogens with one attached hydrogen (secondary N) is 2. The zero-order valence-electron chi connectivity index (χ0n) is 17.5. The molecule has 0 bridgehead atoms. The Bertz CT molecular complexity index is 906. The van der Waals surface area contributed by atoms with E-state index in [0.717, 1.165) is 5.56 Å². The molecule has 1 aromatic heterocycles. The lowest BCUT2D eigenvalue weighted by molar-refractivity contribution is -0.135. The van der Waals surface area contributed by atoms with Crippen molar-refractivity contribution in [2.24, 2.45) is 5.92 Å². The number of amides is 2. The minimum Gasteiger partial charge on any atom is -0.496 e. The van der Waals surface area contributed by atoms with Gasteiger partial charge in [-0.25, -0.2) is 4.98 Å². The number of hydrogen-bond donors (Lipinski definition) is 3. The predicted octanol–water partition coefficient (Wildman–Crippen LogP) is 2.25. The molecule has 0 aliphatic rings. The molecule has 0 aliphatic carbocycles. The van der Waals surface area contributed by atoms with E-state index in [4.69, 9.17) is 14.3 Å². The average molecular weight is 417 g/mol. The van der Waals surface area contributed by atoms with Gasteiger partial charge in [0.2, 0.25) is 11.8 Å². The number of carboxylic acids is 1. The molecule has 2 aromatic rings. The highest BCUT2D eigenvalue weighted by atomic mass is 16.5. The predicted molar refractivity (Wildman–Crippen MR) is 108 cm³/mol. The molecule has 1 aromatic carbocycles. The largest absolute Gasteiger partial charge is 0.496 e. The zero-order chi connectivity index (χ0) is 22.3. The number of aliphatic carboxylic acids is 1. The molecule has 0 radical (unpaired) electrons. The van der Waals surface area contributed by atoms with Crippen molar-refractivity contribution in [3.8, 4) is 5.75 Å². The maximum absolute atomic E-state index is 12.7. The van der Waals surface area contributed by atoms with Crippen LogP contribution in [-0.2, 0) is 16.0 Å². The number of ether oxygens (including phenoxy) is 1. The first-order valence-electron chi connectivity index (χ1n) is 9.59. The van der Waals surface area contributed by atoms with E-state index in [-0.39, 0.29) is 35.6 Å². The Hall–Kier alpha value is -3.36. The normalized spacial score (nSPS) is 11.8. The second kappa shape index (κ2) is 10.4. The molecule has 0 saturated carbocycles. The highest BCUT2D eigenvalue weighted by Crippen LogP contribution is 2.24. The van der Waals surface area contributed by atoms with Crippen molar-refractivity contribution < 1.29 is 28.6 Å². The van der Waals surface area contributed by atoms with Gasteiger partial charge in [0.1, 0.15) is 24.1 Å². The fourth-order valence-corrected chi connectivity index (χ4v) is 2.98. The third kappa shape index (κ3) is 6.33. The van der Waals surface area contributed by atoms with Crippen molar-refractivity contribution in [1.29, 1.82) is 0 Å². The number of aryl methyl sites for hydroxylation is 1. The van der Waals surface area contributed by atoms with Gasteiger partial charge < -0.3 is 24.9 Å². The van der Waals surface area contributed by atoms with Crippen LogP contribution >= 0.6 is 0 Å². The first-order chi connectivity index (χ1) is 14.2. The Morgan fingerprint density at radius 2 is 1.93 bits per heavy atom. The van der Waals surface area contributed by atoms with Gasteiger partial charge in [-0.2, -0.15) is 0 Å². The minimum atomic E-state index is -1.16. The Labute approximate surface area is 174 Å². The summed E-state index contributed by atoms with van der Waals surface area (Å²) in [4.78, 5) is 39.7. The number of carbonyl (C=O) groups is 3. The number of oxazole rings is 1. The number of nitrogens with zero attached hydrogens (tertiary/aromatic N) is 1. The monoisotopic (exact) mass is 417 g/mol. The average Bonchev–Trinajstić information content (AvgIpc) is 3.07. The molecule has 0 fully saturated rings. The Kier molecular flexibility index (Phi) is 7.97. The molecule has 3 N–H and O–H groups in total. The zero-order valence-corrected chi connectivity index (χ0v) is 17.5. The van der Waals surface area contributed by atoms with E-state index in [0.29, 0.717) is 12.2 Å². The standard InChI is InChI=1S/C21H27N3O6/c1-12(2)9-15(23-17(25)10-14-7-5-6-8-16(14)29-4)21-24-19(13(3)30-21)20(28)22-11-18(26)27/h5-8,12,15H,9-11H2,1-4H3,(H,22,28)(H,23,25)(H,26,27)/t15-/m0/s1. The molecule has 9 nitrogen and oxygen atoms in total. The first kappa shape index (κ1) is 22.9. The van der Waals surface area contributed by atoms with E-state index in [9.17, 15) is 14.4 Å². The molecular formula is C21H27N3O6. The molecule has 9 heteroatoms. The van der Waals surface area contributed by atoms with Gasteiger partial charge in [-0.15, -0.1) is 0 Å². The van der Waals surface area contributed by atoms with Crippen LogP contribution in [0.2, 0.25) is 0 Å². The summed E-state index contributed by atoms with van der Waals surface area (Å²) >= 11 is 0. The van der Waals surface area contributed by atoms with Gasteiger partial charge in [0.25, 0.3) is 5.91 Å². The molecule has 162 valence electrons. The van der Waals surface area contributed by atoms with E-state index in [1.165, 1.54) is 0 Å². The highest BCUT2D eigenvalue weighted by molar-refractivity contribution is 5.94. The number of rotatable bonds is 10. The van der Waals surface area contributed by atoms with E-state index in [1.807, 2.05) is 32.0 Å². The lowest BCUT2D eigenvalue weighted by Gasteiger charge is -2.18. The summed E-state index contributed by atoms with van der Waals surface area (Å²) in [5.41, 5.74) is 0.747. The van der Waals surface area contributed by atoms with Crippen LogP contribution in [-0.4, -0.2) is 41.5 Å². The maximum atomic E-state index is 12.7. The van der Waals surface area contributed by atoms with E-state index < -0.39 is 24.5 Å². The van der Waals surface area contributed by atoms with Crippen LogP contribution in [0, 0.1) is 12.8 Å². The van der Waals surface area contributed by atoms with Gasteiger partial charge in [-0.05, 0) is 25.3 Å². The van der Waals surface area contributed by atoms with E-state index in [1.54, 1.807) is 20.1 Å². The van der Waals surface area contributed by atoms with Gasteiger partial charge in [-0.1, -0.05) is 32.0 Å². The van der Waals surface area contributed by atoms with Crippen LogP contribution in [0.5, 0.6) is 5.75 Å². The summed E-state index contributed by atoms with van der Waals surface area (Å²) in [5.74, 6) is -0.747. The quantitative estimate of drug-likeness (QED) is 0.540. The minimum absolute atomic E-state index is 0.000941. The van der Waals surface area contributed by atoms with Crippen LogP contribution in [0.15, 0.2) is 28.7 Å². The number of para-hydroxylation sites is 1. The summed E-state index contributed by atoms with van der Waals surface area (Å²) < 4.78 is 10.9. The first-order valence-corrected chi connectivity index (χ1v) is 9.59. The molecular weight excluding hydrogens is 390 g/mol. The molecule has 0 spiro atoms. The number of carboxylic acid groups (broad SMARTS) is 1. The van der Waals surface area contributed by atoms with Gasteiger partial charge >= 0.3 is 5.97 Å². The molecule has 0 aliphatic heterocycles. The fourth-order valence-electron chi connectivity index (χ4n) is 2.98. The molecule has 0 saturated heterocycles. The lowest BCUT2D eigenvalue weighted by Crippen LogP contribution is -2.32. The SMILES string of the molecule is COc1ccccc1CC(=O)N[C@@H](CC(C)C)c1nc(C(=O)NCC(=O)O)c(C)o1. The van der Waals surface area contributed by atoms with E-state index in [2.05, 4.69) is 15.6 Å². The van der Waals surface area contributed by atoms with Crippen molar-refractivity contribution >= 4 is 17.8 Å². The van der Waals surface area contributed by atoms with Crippen molar-refractivity contribution in [2.75, 3.05) is 13.7 Å². The Morgan fingerprint density at radius 1 is 1.23 bits per heavy atom. The fraction of sp³-hybridized carbons (Fsp3) is 0.429. The molecule has 1 heterocycles. The van der Waals surface area contributed by atoms with Crippen molar-refractivity contribution in [2.45, 2.75) is 39.7 Å². The van der Waals surface area contributed by atoms with Crippen molar-refractivity contribution in [1.82, 2.24) is 15.6 Å². The summed E-state index contributed by atoms with van der Waals surface area (Å²) in [7, 11) is 1.55. The topological polar surface area (TPSA) is 131 Å². The van der Waals surface area contributed by atoms with Crippen LogP contribution in [0.1, 0.15) is 54.0 Å². The van der Waals surface area contributed by atoms with Gasteiger partial charge in [0, 0.05) is 5.56 Å². The summed E-state index contributed by atoms with van der Waals surface area (Å²) in [6.45, 7) is 5.03. The Balaban J connectivity index is 2.17. The lowest BCUT2D eigenvalue weighted by atomic mass is 10.0. The van der Waals surface area contributed by atoms with Crippen molar-refractivity contribution in [3.05, 3.63) is 47.2 Å². The number of hydrogen-bond acceptors (Lipinski definition) is 6.